The molecule has 1 unspecified atom stereocenters. The summed E-state index contributed by atoms with van der Waals surface area (Å²) in [6.45, 7) is 5.14. The number of nitrogens with zero attached hydrogens (tertiary/aromatic N) is 1. The largest absolute Gasteiger partial charge is 0.468 e. The predicted molar refractivity (Wildman–Crippen MR) is 56.2 cm³/mol. The van der Waals surface area contributed by atoms with Crippen LogP contribution in [0.5, 0.6) is 0 Å². The van der Waals surface area contributed by atoms with Crippen molar-refractivity contribution in [2.75, 3.05) is 7.11 Å². The average Bonchev–Trinajstić information content (AvgIpc) is 2.15. The summed E-state index contributed by atoms with van der Waals surface area (Å²) in [5.74, 6) is -2.32. The van der Waals surface area contributed by atoms with E-state index in [2.05, 4.69) is 4.74 Å². The Kier molecular flexibility index (Phi) is 5.51. The summed E-state index contributed by atoms with van der Waals surface area (Å²) in [5.41, 5.74) is -0.657. The first-order valence-electron chi connectivity index (χ1n) is 4.99. The lowest BCUT2D eigenvalue weighted by Gasteiger charge is -2.22. The number of ether oxygens (including phenoxy) is 2. The van der Waals surface area contributed by atoms with Crippen molar-refractivity contribution < 1.29 is 19.1 Å². The fraction of sp³-hybridized carbons (Fsp3) is 0.727. The van der Waals surface area contributed by atoms with Crippen molar-refractivity contribution in [3.8, 4) is 6.07 Å². The van der Waals surface area contributed by atoms with Crippen LogP contribution in [0.25, 0.3) is 0 Å². The lowest BCUT2D eigenvalue weighted by molar-refractivity contribution is -0.168. The maximum Gasteiger partial charge on any atom is 0.320 e. The minimum atomic E-state index is -1.01. The number of esters is 2. The van der Waals surface area contributed by atoms with Gasteiger partial charge in [-0.05, 0) is 27.2 Å². The molecule has 5 nitrogen and oxygen atoms in total. The third-order valence-electron chi connectivity index (χ3n) is 1.72. The Labute approximate surface area is 95.3 Å². The van der Waals surface area contributed by atoms with Gasteiger partial charge >= 0.3 is 11.9 Å². The molecule has 0 radical (unpaired) electrons. The van der Waals surface area contributed by atoms with Gasteiger partial charge in [0, 0.05) is 6.42 Å². The molecule has 0 aromatic rings. The lowest BCUT2D eigenvalue weighted by Crippen LogP contribution is -2.33. The minimum absolute atomic E-state index is 0.110. The van der Waals surface area contributed by atoms with Crippen LogP contribution in [0.4, 0.5) is 0 Å². The number of hydrogen-bond acceptors (Lipinski definition) is 5. The summed E-state index contributed by atoms with van der Waals surface area (Å²) in [6.07, 6.45) is 0.233. The van der Waals surface area contributed by atoms with Crippen LogP contribution in [0.1, 0.15) is 33.6 Å². The van der Waals surface area contributed by atoms with Gasteiger partial charge in [0.1, 0.15) is 5.60 Å². The van der Waals surface area contributed by atoms with E-state index in [0.29, 0.717) is 0 Å². The molecule has 0 N–H and O–H groups in total. The maximum atomic E-state index is 11.6. The Morgan fingerprint density at radius 1 is 1.31 bits per heavy atom. The van der Waals surface area contributed by atoms with E-state index in [0.717, 1.165) is 0 Å². The first kappa shape index (κ1) is 14.4. The highest BCUT2D eigenvalue weighted by Crippen LogP contribution is 2.16. The second kappa shape index (κ2) is 6.11. The van der Waals surface area contributed by atoms with Crippen molar-refractivity contribution in [3.63, 3.8) is 0 Å². The van der Waals surface area contributed by atoms with E-state index in [1.165, 1.54) is 7.11 Å². The first-order valence-corrected chi connectivity index (χ1v) is 4.99. The van der Waals surface area contributed by atoms with E-state index in [1.807, 2.05) is 6.07 Å². The molecule has 0 fully saturated rings. The van der Waals surface area contributed by atoms with Gasteiger partial charge in [0.15, 0.2) is 5.92 Å². The van der Waals surface area contributed by atoms with E-state index in [1.54, 1.807) is 20.8 Å². The van der Waals surface area contributed by atoms with E-state index in [9.17, 15) is 9.59 Å². The van der Waals surface area contributed by atoms with Gasteiger partial charge in [-0.15, -0.1) is 0 Å². The highest BCUT2D eigenvalue weighted by atomic mass is 16.6. The molecule has 0 bridgehead atoms. The summed E-state index contributed by atoms with van der Waals surface area (Å²) in [7, 11) is 1.20. The van der Waals surface area contributed by atoms with Crippen molar-refractivity contribution in [3.05, 3.63) is 0 Å². The van der Waals surface area contributed by atoms with Crippen LogP contribution in [-0.2, 0) is 19.1 Å². The molecular weight excluding hydrogens is 210 g/mol. The average molecular weight is 227 g/mol. The number of carbonyl (C=O) groups is 2. The van der Waals surface area contributed by atoms with Crippen LogP contribution < -0.4 is 0 Å². The Bertz CT molecular complexity index is 298. The maximum absolute atomic E-state index is 11.6. The predicted octanol–water partition coefficient (Wildman–Crippen LogP) is 1.42. The molecular formula is C11H17NO4. The normalized spacial score (nSPS) is 12.4. The van der Waals surface area contributed by atoms with E-state index >= 15 is 0 Å². The van der Waals surface area contributed by atoms with Gasteiger partial charge in [-0.25, -0.2) is 0 Å². The van der Waals surface area contributed by atoms with Gasteiger partial charge in [0.05, 0.1) is 13.2 Å². The monoisotopic (exact) mass is 227 g/mol. The number of nitriles is 1. The van der Waals surface area contributed by atoms with Crippen LogP contribution in [-0.4, -0.2) is 24.6 Å². The Morgan fingerprint density at radius 3 is 2.25 bits per heavy atom. The van der Waals surface area contributed by atoms with Gasteiger partial charge in [-0.1, -0.05) is 0 Å². The quantitative estimate of drug-likeness (QED) is 0.536. The van der Waals surface area contributed by atoms with Crippen molar-refractivity contribution in [2.24, 2.45) is 5.92 Å². The molecule has 0 saturated carbocycles. The van der Waals surface area contributed by atoms with E-state index in [4.69, 9.17) is 10.00 Å². The number of methoxy groups -OCH3 is 1. The smallest absolute Gasteiger partial charge is 0.320 e. The standard InChI is InChI=1S/C11H17NO4/c1-11(2,3)16-10(14)8(6-5-7-12)9(13)15-4/h8H,5-6H2,1-4H3. The molecule has 0 spiro atoms. The summed E-state index contributed by atoms with van der Waals surface area (Å²) in [6, 6.07) is 1.88. The van der Waals surface area contributed by atoms with E-state index in [-0.39, 0.29) is 12.8 Å². The summed E-state index contributed by atoms with van der Waals surface area (Å²) < 4.78 is 9.57. The molecule has 1 atom stereocenters. The molecule has 0 aromatic heterocycles. The number of hydrogen-bond donors (Lipinski definition) is 0. The molecule has 0 rings (SSSR count). The third kappa shape index (κ3) is 5.35. The molecule has 5 heteroatoms. The summed E-state index contributed by atoms with van der Waals surface area (Å²) >= 11 is 0. The molecule has 0 aliphatic heterocycles. The van der Waals surface area contributed by atoms with Gasteiger partial charge in [-0.2, -0.15) is 5.26 Å². The van der Waals surface area contributed by atoms with Crippen molar-refractivity contribution >= 4 is 11.9 Å². The van der Waals surface area contributed by atoms with Crippen LogP contribution >= 0.6 is 0 Å². The highest BCUT2D eigenvalue weighted by Gasteiger charge is 2.31. The molecule has 0 heterocycles. The van der Waals surface area contributed by atoms with Gasteiger partial charge in [-0.3, -0.25) is 9.59 Å². The van der Waals surface area contributed by atoms with Crippen molar-refractivity contribution in [1.82, 2.24) is 0 Å². The van der Waals surface area contributed by atoms with Crippen molar-refractivity contribution in [2.45, 2.75) is 39.2 Å². The van der Waals surface area contributed by atoms with Gasteiger partial charge in [0.25, 0.3) is 0 Å². The molecule has 0 aliphatic carbocycles. The fourth-order valence-corrected chi connectivity index (χ4v) is 1.06. The SMILES string of the molecule is COC(=O)C(CCC#N)C(=O)OC(C)(C)C. The second-order valence-electron chi connectivity index (χ2n) is 4.31. The molecule has 0 amide bonds. The zero-order chi connectivity index (χ0) is 12.8. The van der Waals surface area contributed by atoms with Crippen molar-refractivity contribution in [1.29, 1.82) is 5.26 Å². The fourth-order valence-electron chi connectivity index (χ4n) is 1.06. The summed E-state index contributed by atoms with van der Waals surface area (Å²) in [4.78, 5) is 22.9. The Balaban J connectivity index is 4.58. The third-order valence-corrected chi connectivity index (χ3v) is 1.72. The number of rotatable bonds is 4. The zero-order valence-electron chi connectivity index (χ0n) is 10.1. The lowest BCUT2D eigenvalue weighted by atomic mass is 10.0. The zero-order valence-corrected chi connectivity index (χ0v) is 10.1. The Morgan fingerprint density at radius 2 is 1.88 bits per heavy atom. The summed E-state index contributed by atoms with van der Waals surface area (Å²) in [5, 5.41) is 8.43. The topological polar surface area (TPSA) is 76.4 Å². The molecule has 0 aromatic carbocycles. The molecule has 16 heavy (non-hydrogen) atoms. The second-order valence-corrected chi connectivity index (χ2v) is 4.31. The van der Waals surface area contributed by atoms with Gasteiger partial charge < -0.3 is 9.47 Å². The molecule has 0 aliphatic rings. The molecule has 0 saturated heterocycles. The minimum Gasteiger partial charge on any atom is -0.468 e. The Hall–Kier alpha value is -1.57. The van der Waals surface area contributed by atoms with Crippen LogP contribution in [0.2, 0.25) is 0 Å². The van der Waals surface area contributed by atoms with Crippen LogP contribution in [0, 0.1) is 17.2 Å². The van der Waals surface area contributed by atoms with Crippen LogP contribution in [0.15, 0.2) is 0 Å². The number of carbonyl (C=O) groups excluding carboxylic acids is 2. The van der Waals surface area contributed by atoms with E-state index < -0.39 is 23.5 Å². The molecule has 90 valence electrons. The van der Waals surface area contributed by atoms with Gasteiger partial charge in [0.2, 0.25) is 0 Å². The van der Waals surface area contributed by atoms with Crippen LogP contribution in [0.3, 0.4) is 0 Å². The first-order chi connectivity index (χ1) is 7.31. The highest BCUT2D eigenvalue weighted by molar-refractivity contribution is 5.95.